The topological polar surface area (TPSA) is 85.6 Å². The van der Waals surface area contributed by atoms with Gasteiger partial charge in [0.15, 0.2) is 5.69 Å². The summed E-state index contributed by atoms with van der Waals surface area (Å²) in [6.45, 7) is 0.357. The van der Waals surface area contributed by atoms with Gasteiger partial charge in [0, 0.05) is 36.9 Å². The van der Waals surface area contributed by atoms with E-state index in [9.17, 15) is 4.79 Å². The molecule has 3 heterocycles. The molecular weight excluding hydrogens is 376 g/mol. The second kappa shape index (κ2) is 7.98. The predicted octanol–water partition coefficient (Wildman–Crippen LogP) is 3.31. The lowest BCUT2D eigenvalue weighted by molar-refractivity contribution is 0.0946. The van der Waals surface area contributed by atoms with Crippen molar-refractivity contribution in [1.82, 2.24) is 30.3 Å². The van der Waals surface area contributed by atoms with E-state index in [1.807, 2.05) is 30.3 Å². The van der Waals surface area contributed by atoms with Crippen molar-refractivity contribution in [1.29, 1.82) is 0 Å². The number of para-hydroxylation sites is 1. The third kappa shape index (κ3) is 3.60. The summed E-state index contributed by atoms with van der Waals surface area (Å²) >= 11 is 6.34. The zero-order chi connectivity index (χ0) is 19.3. The molecule has 0 aliphatic carbocycles. The van der Waals surface area contributed by atoms with Crippen molar-refractivity contribution < 1.29 is 4.79 Å². The number of hydrogen-bond donors (Lipinski definition) is 1. The van der Waals surface area contributed by atoms with Gasteiger partial charge in [0.25, 0.3) is 5.91 Å². The summed E-state index contributed by atoms with van der Waals surface area (Å²) in [5.41, 5.74) is 3.08. The maximum absolute atomic E-state index is 12.9. The van der Waals surface area contributed by atoms with Gasteiger partial charge < -0.3 is 5.32 Å². The van der Waals surface area contributed by atoms with E-state index in [0.717, 1.165) is 11.1 Å². The lowest BCUT2D eigenvalue weighted by Gasteiger charge is -2.10. The number of amides is 1. The third-order valence-electron chi connectivity index (χ3n) is 4.12. The average Bonchev–Trinajstić information content (AvgIpc) is 3.19. The molecule has 0 spiro atoms. The lowest BCUT2D eigenvalue weighted by atomic mass is 10.1. The highest BCUT2D eigenvalue weighted by Gasteiger charge is 2.22. The van der Waals surface area contributed by atoms with Crippen molar-refractivity contribution in [2.24, 2.45) is 0 Å². The molecule has 138 valence electrons. The first-order chi connectivity index (χ1) is 13.7. The number of hydrogen-bond acceptors (Lipinski definition) is 5. The standard InChI is InChI=1S/C20H15ClN6O/c21-16-3-1-2-4-17(16)27-19(15-7-11-23-12-8-15)18(25-26-27)20(28)24-13-14-5-9-22-10-6-14/h1-12H,13H2,(H,24,28). The van der Waals surface area contributed by atoms with Gasteiger partial charge in [-0.3, -0.25) is 14.8 Å². The van der Waals surface area contributed by atoms with Crippen molar-refractivity contribution in [3.63, 3.8) is 0 Å². The van der Waals surface area contributed by atoms with Gasteiger partial charge in [0.2, 0.25) is 0 Å². The molecule has 0 bridgehead atoms. The van der Waals surface area contributed by atoms with E-state index in [0.29, 0.717) is 22.9 Å². The van der Waals surface area contributed by atoms with Crippen LogP contribution < -0.4 is 5.32 Å². The van der Waals surface area contributed by atoms with Gasteiger partial charge in [-0.15, -0.1) is 5.10 Å². The van der Waals surface area contributed by atoms with Crippen LogP contribution in [0.1, 0.15) is 16.1 Å². The summed E-state index contributed by atoms with van der Waals surface area (Å²) in [4.78, 5) is 20.9. The Hall–Kier alpha value is -3.58. The van der Waals surface area contributed by atoms with Crippen molar-refractivity contribution in [3.8, 4) is 16.9 Å². The first kappa shape index (κ1) is 17.8. The number of carbonyl (C=O) groups excluding carboxylic acids is 1. The van der Waals surface area contributed by atoms with E-state index in [1.165, 1.54) is 0 Å². The minimum absolute atomic E-state index is 0.208. The Morgan fingerprint density at radius 1 is 0.964 bits per heavy atom. The van der Waals surface area contributed by atoms with Crippen molar-refractivity contribution in [2.45, 2.75) is 6.54 Å². The van der Waals surface area contributed by atoms with Gasteiger partial charge in [0.1, 0.15) is 5.69 Å². The zero-order valence-corrected chi connectivity index (χ0v) is 15.4. The number of carbonyl (C=O) groups is 1. The van der Waals surface area contributed by atoms with Crippen molar-refractivity contribution >= 4 is 17.5 Å². The maximum atomic E-state index is 12.9. The molecule has 4 aromatic rings. The molecule has 0 fully saturated rings. The van der Waals surface area contributed by atoms with Gasteiger partial charge in [0.05, 0.1) is 10.7 Å². The van der Waals surface area contributed by atoms with Crippen molar-refractivity contribution in [3.05, 3.63) is 89.6 Å². The molecule has 0 aliphatic heterocycles. The first-order valence-corrected chi connectivity index (χ1v) is 8.90. The fourth-order valence-electron chi connectivity index (χ4n) is 2.76. The minimum atomic E-state index is -0.332. The van der Waals surface area contributed by atoms with E-state index in [-0.39, 0.29) is 11.6 Å². The molecular formula is C20H15ClN6O. The molecule has 1 aromatic carbocycles. The van der Waals surface area contributed by atoms with E-state index >= 15 is 0 Å². The van der Waals surface area contributed by atoms with Crippen LogP contribution in [0.3, 0.4) is 0 Å². The Kier molecular flexibility index (Phi) is 5.07. The lowest BCUT2D eigenvalue weighted by Crippen LogP contribution is -2.24. The summed E-state index contributed by atoms with van der Waals surface area (Å²) in [5, 5.41) is 11.7. The SMILES string of the molecule is O=C(NCc1ccncc1)c1nnn(-c2ccccc2Cl)c1-c1ccncc1. The zero-order valence-electron chi connectivity index (χ0n) is 14.7. The third-order valence-corrected chi connectivity index (χ3v) is 4.44. The Morgan fingerprint density at radius 3 is 2.36 bits per heavy atom. The number of nitrogens with one attached hydrogen (secondary N) is 1. The summed E-state index contributed by atoms with van der Waals surface area (Å²) in [7, 11) is 0. The first-order valence-electron chi connectivity index (χ1n) is 8.52. The summed E-state index contributed by atoms with van der Waals surface area (Å²) in [6, 6.07) is 14.5. The molecule has 0 atom stereocenters. The Labute approximate surface area is 166 Å². The van der Waals surface area contributed by atoms with Crippen LogP contribution in [-0.2, 0) is 6.54 Å². The number of aromatic nitrogens is 5. The molecule has 0 aliphatic rings. The fourth-order valence-corrected chi connectivity index (χ4v) is 2.98. The highest BCUT2D eigenvalue weighted by Crippen LogP contribution is 2.28. The Balaban J connectivity index is 1.73. The summed E-state index contributed by atoms with van der Waals surface area (Å²) < 4.78 is 1.57. The number of nitrogens with zero attached hydrogens (tertiary/aromatic N) is 5. The molecule has 4 rings (SSSR count). The van der Waals surface area contributed by atoms with Crippen LogP contribution >= 0.6 is 11.6 Å². The second-order valence-corrected chi connectivity index (χ2v) is 6.33. The van der Waals surface area contributed by atoms with Crippen LogP contribution in [-0.4, -0.2) is 30.9 Å². The van der Waals surface area contributed by atoms with Crippen LogP contribution in [0.5, 0.6) is 0 Å². The van der Waals surface area contributed by atoms with Crippen LogP contribution in [0, 0.1) is 0 Å². The molecule has 1 N–H and O–H groups in total. The van der Waals surface area contributed by atoms with E-state index in [2.05, 4.69) is 25.6 Å². The molecule has 0 unspecified atom stereocenters. The highest BCUT2D eigenvalue weighted by atomic mass is 35.5. The predicted molar refractivity (Wildman–Crippen MR) is 105 cm³/mol. The van der Waals surface area contributed by atoms with E-state index in [1.54, 1.807) is 47.7 Å². The highest BCUT2D eigenvalue weighted by molar-refractivity contribution is 6.32. The largest absolute Gasteiger partial charge is 0.346 e. The summed E-state index contributed by atoms with van der Waals surface area (Å²) in [5.74, 6) is -0.332. The molecule has 0 saturated carbocycles. The number of rotatable bonds is 5. The molecule has 7 nitrogen and oxygen atoms in total. The molecule has 0 saturated heterocycles. The van der Waals surface area contributed by atoms with E-state index in [4.69, 9.17) is 11.6 Å². The van der Waals surface area contributed by atoms with Gasteiger partial charge >= 0.3 is 0 Å². The monoisotopic (exact) mass is 390 g/mol. The quantitative estimate of drug-likeness (QED) is 0.565. The van der Waals surface area contributed by atoms with Gasteiger partial charge in [-0.2, -0.15) is 0 Å². The van der Waals surface area contributed by atoms with Crippen LogP contribution in [0.2, 0.25) is 5.02 Å². The van der Waals surface area contributed by atoms with E-state index < -0.39 is 0 Å². The van der Waals surface area contributed by atoms with Crippen LogP contribution in [0.4, 0.5) is 0 Å². The second-order valence-electron chi connectivity index (χ2n) is 5.92. The molecule has 3 aromatic heterocycles. The molecule has 1 amide bonds. The van der Waals surface area contributed by atoms with Crippen LogP contribution in [0.25, 0.3) is 16.9 Å². The average molecular weight is 391 g/mol. The number of halogens is 1. The number of benzene rings is 1. The fraction of sp³-hybridized carbons (Fsp3) is 0.0500. The number of pyridine rings is 2. The summed E-state index contributed by atoms with van der Waals surface area (Å²) in [6.07, 6.45) is 6.66. The van der Waals surface area contributed by atoms with Gasteiger partial charge in [-0.05, 0) is 42.0 Å². The minimum Gasteiger partial charge on any atom is -0.346 e. The normalized spacial score (nSPS) is 10.6. The van der Waals surface area contributed by atoms with Crippen molar-refractivity contribution in [2.75, 3.05) is 0 Å². The Morgan fingerprint density at radius 2 is 1.64 bits per heavy atom. The van der Waals surface area contributed by atoms with Gasteiger partial charge in [-0.25, -0.2) is 4.68 Å². The maximum Gasteiger partial charge on any atom is 0.274 e. The molecule has 8 heteroatoms. The smallest absolute Gasteiger partial charge is 0.274 e. The Bertz CT molecular complexity index is 1100. The van der Waals surface area contributed by atoms with Gasteiger partial charge in [-0.1, -0.05) is 28.9 Å². The molecule has 0 radical (unpaired) electrons. The van der Waals surface area contributed by atoms with Crippen LogP contribution in [0.15, 0.2) is 73.3 Å². The molecule has 28 heavy (non-hydrogen) atoms.